The van der Waals surface area contributed by atoms with E-state index in [0.717, 1.165) is 5.56 Å². The predicted molar refractivity (Wildman–Crippen MR) is 101 cm³/mol. The van der Waals surface area contributed by atoms with Gasteiger partial charge < -0.3 is 15.4 Å². The van der Waals surface area contributed by atoms with Crippen LogP contribution < -0.4 is 10.6 Å². The summed E-state index contributed by atoms with van der Waals surface area (Å²) >= 11 is 0. The van der Waals surface area contributed by atoms with Crippen molar-refractivity contribution in [2.24, 2.45) is 11.8 Å². The zero-order chi connectivity index (χ0) is 19.7. The summed E-state index contributed by atoms with van der Waals surface area (Å²) in [5.41, 5.74) is 2.77. The Morgan fingerprint density at radius 3 is 2.54 bits per heavy atom. The molecule has 4 rings (SSSR count). The highest BCUT2D eigenvalue weighted by Gasteiger charge is 2.54. The molecule has 2 heterocycles. The number of hydrogen-bond donors (Lipinski definition) is 2. The lowest BCUT2D eigenvalue weighted by atomic mass is 10.0. The standard InChI is InChI=1S/C21H20N4O3/c1-23-21(27)18-8-14(20(26)25-19-16-10-28-11-17(16)19)7-15(24-18)6-12-2-4-13(9-22)5-3-12/h2-5,7-8,16-17,19H,6,10-11H2,1H3,(H,23,27)(H,25,26)/t16-,17+,19+. The van der Waals surface area contributed by atoms with E-state index in [-0.39, 0.29) is 23.6 Å². The number of fused-ring (bicyclic) bond motifs is 1. The summed E-state index contributed by atoms with van der Waals surface area (Å²) in [6.07, 6.45) is 0.458. The molecular formula is C21H20N4O3. The number of nitrogens with zero attached hydrogens (tertiary/aromatic N) is 2. The second-order valence-corrected chi connectivity index (χ2v) is 7.16. The van der Waals surface area contributed by atoms with Gasteiger partial charge in [0.1, 0.15) is 5.69 Å². The first-order valence-corrected chi connectivity index (χ1v) is 9.19. The Hall–Kier alpha value is -3.24. The third-order valence-corrected chi connectivity index (χ3v) is 5.32. The lowest BCUT2D eigenvalue weighted by Crippen LogP contribution is -2.30. The minimum Gasteiger partial charge on any atom is -0.381 e. The molecule has 2 N–H and O–H groups in total. The second-order valence-electron chi connectivity index (χ2n) is 7.16. The fraction of sp³-hybridized carbons (Fsp3) is 0.333. The van der Waals surface area contributed by atoms with Crippen molar-refractivity contribution < 1.29 is 14.3 Å². The van der Waals surface area contributed by atoms with Crippen molar-refractivity contribution in [1.82, 2.24) is 15.6 Å². The Labute approximate surface area is 162 Å². The molecule has 1 aromatic heterocycles. The molecule has 142 valence electrons. The van der Waals surface area contributed by atoms with E-state index in [1.54, 1.807) is 18.2 Å². The van der Waals surface area contributed by atoms with Crippen molar-refractivity contribution in [2.75, 3.05) is 20.3 Å². The highest BCUT2D eigenvalue weighted by atomic mass is 16.5. The van der Waals surface area contributed by atoms with Gasteiger partial charge in [0, 0.05) is 42.6 Å². The van der Waals surface area contributed by atoms with Crippen LogP contribution in [0, 0.1) is 23.2 Å². The number of amides is 2. The van der Waals surface area contributed by atoms with Gasteiger partial charge in [-0.25, -0.2) is 4.98 Å². The van der Waals surface area contributed by atoms with E-state index in [2.05, 4.69) is 21.7 Å². The van der Waals surface area contributed by atoms with Crippen molar-refractivity contribution in [1.29, 1.82) is 5.26 Å². The first-order chi connectivity index (χ1) is 13.6. The second kappa shape index (κ2) is 7.41. The Morgan fingerprint density at radius 1 is 1.18 bits per heavy atom. The first kappa shape index (κ1) is 18.1. The van der Waals surface area contributed by atoms with Crippen LogP contribution in [0.5, 0.6) is 0 Å². The molecule has 0 unspecified atom stereocenters. The normalized spacial score (nSPS) is 22.1. The summed E-state index contributed by atoms with van der Waals surface area (Å²) in [6, 6.07) is 12.6. The van der Waals surface area contributed by atoms with E-state index in [4.69, 9.17) is 10.00 Å². The Kier molecular flexibility index (Phi) is 4.80. The fourth-order valence-electron chi connectivity index (χ4n) is 3.65. The molecule has 7 heteroatoms. The minimum absolute atomic E-state index is 0.153. The van der Waals surface area contributed by atoms with Crippen molar-refractivity contribution >= 4 is 11.8 Å². The number of ether oxygens (including phenoxy) is 1. The van der Waals surface area contributed by atoms with Gasteiger partial charge in [-0.3, -0.25) is 9.59 Å². The van der Waals surface area contributed by atoms with Crippen molar-refractivity contribution in [3.8, 4) is 6.07 Å². The van der Waals surface area contributed by atoms with Gasteiger partial charge in [-0.15, -0.1) is 0 Å². The maximum Gasteiger partial charge on any atom is 0.269 e. The topological polar surface area (TPSA) is 104 Å². The number of carbonyl (C=O) groups excluding carboxylic acids is 2. The molecule has 2 aromatic rings. The van der Waals surface area contributed by atoms with Crippen LogP contribution >= 0.6 is 0 Å². The third kappa shape index (κ3) is 3.59. The molecule has 1 saturated carbocycles. The Bertz CT molecular complexity index is 955. The molecule has 1 aliphatic heterocycles. The molecule has 28 heavy (non-hydrogen) atoms. The molecule has 2 aliphatic rings. The molecule has 7 nitrogen and oxygen atoms in total. The molecule has 3 atom stereocenters. The lowest BCUT2D eigenvalue weighted by Gasteiger charge is -2.11. The van der Waals surface area contributed by atoms with Crippen LogP contribution in [0.25, 0.3) is 0 Å². The van der Waals surface area contributed by atoms with E-state index >= 15 is 0 Å². The number of carbonyl (C=O) groups is 2. The van der Waals surface area contributed by atoms with Crippen LogP contribution in [0.2, 0.25) is 0 Å². The lowest BCUT2D eigenvalue weighted by molar-refractivity contribution is 0.0928. The van der Waals surface area contributed by atoms with Crippen molar-refractivity contribution in [3.05, 3.63) is 64.5 Å². The summed E-state index contributed by atoms with van der Waals surface area (Å²) in [6.45, 7) is 1.39. The zero-order valence-electron chi connectivity index (χ0n) is 15.4. The Balaban J connectivity index is 1.56. The van der Waals surface area contributed by atoms with Gasteiger partial charge in [-0.2, -0.15) is 5.26 Å². The monoisotopic (exact) mass is 376 g/mol. The van der Waals surface area contributed by atoms with Crippen LogP contribution in [0.15, 0.2) is 36.4 Å². The summed E-state index contributed by atoms with van der Waals surface area (Å²) in [4.78, 5) is 29.2. The maximum absolute atomic E-state index is 12.7. The van der Waals surface area contributed by atoms with Gasteiger partial charge >= 0.3 is 0 Å². The van der Waals surface area contributed by atoms with E-state index in [0.29, 0.717) is 48.3 Å². The highest BCUT2D eigenvalue weighted by Crippen LogP contribution is 2.44. The quantitative estimate of drug-likeness (QED) is 0.818. The predicted octanol–water partition coefficient (Wildman–Crippen LogP) is 1.28. The van der Waals surface area contributed by atoms with Gasteiger partial charge in [-0.05, 0) is 29.8 Å². The SMILES string of the molecule is CNC(=O)c1cc(C(=O)N[C@H]2[C@@H]3COC[C@@H]32)cc(Cc2ccc(C#N)cc2)n1. The summed E-state index contributed by atoms with van der Waals surface area (Å²) < 4.78 is 5.36. The molecule has 1 saturated heterocycles. The maximum atomic E-state index is 12.7. The van der Waals surface area contributed by atoms with Crippen molar-refractivity contribution in [3.63, 3.8) is 0 Å². The van der Waals surface area contributed by atoms with E-state index in [1.807, 2.05) is 12.1 Å². The smallest absolute Gasteiger partial charge is 0.269 e. The number of rotatable bonds is 5. The number of hydrogen-bond acceptors (Lipinski definition) is 5. The fourth-order valence-corrected chi connectivity index (χ4v) is 3.65. The molecular weight excluding hydrogens is 356 g/mol. The van der Waals surface area contributed by atoms with Crippen LogP contribution in [-0.2, 0) is 11.2 Å². The largest absolute Gasteiger partial charge is 0.381 e. The van der Waals surface area contributed by atoms with Crippen LogP contribution in [0.1, 0.15) is 37.7 Å². The Morgan fingerprint density at radius 2 is 1.89 bits per heavy atom. The average molecular weight is 376 g/mol. The van der Waals surface area contributed by atoms with E-state index in [9.17, 15) is 9.59 Å². The van der Waals surface area contributed by atoms with Gasteiger partial charge in [0.2, 0.25) is 0 Å². The van der Waals surface area contributed by atoms with Gasteiger partial charge in [0.25, 0.3) is 11.8 Å². The number of pyridine rings is 1. The van der Waals surface area contributed by atoms with Crippen molar-refractivity contribution in [2.45, 2.75) is 12.5 Å². The number of benzene rings is 1. The molecule has 2 amide bonds. The molecule has 0 radical (unpaired) electrons. The summed E-state index contributed by atoms with van der Waals surface area (Å²) in [7, 11) is 1.53. The number of nitriles is 1. The first-order valence-electron chi connectivity index (χ1n) is 9.19. The van der Waals surface area contributed by atoms with Crippen LogP contribution in [-0.4, -0.2) is 43.1 Å². The minimum atomic E-state index is -0.340. The third-order valence-electron chi connectivity index (χ3n) is 5.32. The summed E-state index contributed by atoms with van der Waals surface area (Å²) in [5.74, 6) is 0.269. The van der Waals surface area contributed by atoms with Gasteiger partial charge in [0.05, 0.1) is 24.8 Å². The molecule has 0 bridgehead atoms. The molecule has 1 aliphatic carbocycles. The van der Waals surface area contributed by atoms with Crippen LogP contribution in [0.3, 0.4) is 0 Å². The zero-order valence-corrected chi connectivity index (χ0v) is 15.4. The molecule has 1 aromatic carbocycles. The molecule has 2 fully saturated rings. The molecule has 0 spiro atoms. The van der Waals surface area contributed by atoms with E-state index in [1.165, 1.54) is 13.1 Å². The number of aromatic nitrogens is 1. The summed E-state index contributed by atoms with van der Waals surface area (Å²) in [5, 5.41) is 14.5. The van der Waals surface area contributed by atoms with Gasteiger partial charge in [-0.1, -0.05) is 12.1 Å². The number of nitrogens with one attached hydrogen (secondary N) is 2. The average Bonchev–Trinajstić information content (AvgIpc) is 3.13. The van der Waals surface area contributed by atoms with Crippen LogP contribution in [0.4, 0.5) is 0 Å². The highest BCUT2D eigenvalue weighted by molar-refractivity contribution is 5.98. The van der Waals surface area contributed by atoms with Gasteiger partial charge in [0.15, 0.2) is 0 Å². The van der Waals surface area contributed by atoms with E-state index < -0.39 is 0 Å².